The second-order valence-electron chi connectivity index (χ2n) is 6.06. The zero-order chi connectivity index (χ0) is 15.9. The zero-order valence-electron chi connectivity index (χ0n) is 13.1. The number of hydrogen-bond donors (Lipinski definition) is 1. The number of fused-ring (bicyclic) bond motifs is 1. The summed E-state index contributed by atoms with van der Waals surface area (Å²) in [5.74, 6) is 0. The molecule has 3 rings (SSSR count). The number of hydrogen-bond acceptors (Lipinski definition) is 3. The predicted octanol–water partition coefficient (Wildman–Crippen LogP) is 2.42. The van der Waals surface area contributed by atoms with Gasteiger partial charge in [-0.3, -0.25) is 0 Å². The molecule has 1 aromatic carbocycles. The van der Waals surface area contributed by atoms with Crippen molar-refractivity contribution in [2.75, 3.05) is 6.26 Å². The first kappa shape index (κ1) is 15.2. The summed E-state index contributed by atoms with van der Waals surface area (Å²) >= 11 is 0. The van der Waals surface area contributed by atoms with E-state index < -0.39 is 10.0 Å². The van der Waals surface area contributed by atoms with E-state index >= 15 is 0 Å². The van der Waals surface area contributed by atoms with E-state index in [1.807, 2.05) is 4.68 Å². The topological polar surface area (TPSA) is 64.0 Å². The average molecular weight is 319 g/mol. The molecular formula is C16H21N3O2S. The molecular weight excluding hydrogens is 298 g/mol. The van der Waals surface area contributed by atoms with Crippen LogP contribution >= 0.6 is 0 Å². The maximum atomic E-state index is 11.5. The second-order valence-corrected chi connectivity index (χ2v) is 7.84. The van der Waals surface area contributed by atoms with Crippen molar-refractivity contribution in [3.05, 3.63) is 46.8 Å². The van der Waals surface area contributed by atoms with Crippen molar-refractivity contribution in [2.24, 2.45) is 0 Å². The van der Waals surface area contributed by atoms with Gasteiger partial charge in [-0.1, -0.05) is 6.07 Å². The fraction of sp³-hybridized carbons (Fsp3) is 0.438. The van der Waals surface area contributed by atoms with Crippen LogP contribution in [0.2, 0.25) is 0 Å². The highest BCUT2D eigenvalue weighted by Gasteiger charge is 2.26. The van der Waals surface area contributed by atoms with Crippen molar-refractivity contribution in [3.8, 4) is 5.69 Å². The van der Waals surface area contributed by atoms with E-state index in [0.717, 1.165) is 36.2 Å². The molecule has 0 spiro atoms. The zero-order valence-corrected chi connectivity index (χ0v) is 13.9. The molecule has 2 aromatic rings. The molecule has 1 aliphatic rings. The van der Waals surface area contributed by atoms with Crippen LogP contribution < -0.4 is 4.72 Å². The SMILES string of the molecule is Cc1ccc(-n2ncc3c2CCCC3NS(C)(=O)=O)cc1C. The summed E-state index contributed by atoms with van der Waals surface area (Å²) < 4.78 is 27.7. The van der Waals surface area contributed by atoms with Crippen molar-refractivity contribution in [1.29, 1.82) is 0 Å². The fourth-order valence-corrected chi connectivity index (χ4v) is 3.78. The van der Waals surface area contributed by atoms with E-state index in [1.54, 1.807) is 6.20 Å². The Kier molecular flexibility index (Phi) is 3.82. The quantitative estimate of drug-likeness (QED) is 0.945. The van der Waals surface area contributed by atoms with Gasteiger partial charge in [-0.15, -0.1) is 0 Å². The van der Waals surface area contributed by atoms with Crippen molar-refractivity contribution >= 4 is 10.0 Å². The number of aromatic nitrogens is 2. The van der Waals surface area contributed by atoms with E-state index in [0.29, 0.717) is 0 Å². The predicted molar refractivity (Wildman–Crippen MR) is 86.7 cm³/mol. The average Bonchev–Trinajstić information content (AvgIpc) is 2.85. The third kappa shape index (κ3) is 2.94. The molecule has 1 aliphatic carbocycles. The van der Waals surface area contributed by atoms with Gasteiger partial charge in [0, 0.05) is 11.3 Å². The Bertz CT molecular complexity index is 809. The van der Waals surface area contributed by atoms with Gasteiger partial charge in [0.05, 0.1) is 24.2 Å². The Labute approximate surface area is 131 Å². The number of aryl methyl sites for hydroxylation is 2. The van der Waals surface area contributed by atoms with Gasteiger partial charge in [-0.05, 0) is 56.4 Å². The van der Waals surface area contributed by atoms with Crippen molar-refractivity contribution in [3.63, 3.8) is 0 Å². The Morgan fingerprint density at radius 3 is 2.73 bits per heavy atom. The molecule has 1 atom stereocenters. The lowest BCUT2D eigenvalue weighted by Crippen LogP contribution is -2.30. The van der Waals surface area contributed by atoms with Crippen LogP contribution in [0.25, 0.3) is 5.69 Å². The molecule has 6 heteroatoms. The van der Waals surface area contributed by atoms with E-state index in [9.17, 15) is 8.42 Å². The molecule has 1 aromatic heterocycles. The second kappa shape index (κ2) is 5.52. The summed E-state index contributed by atoms with van der Waals surface area (Å²) in [5, 5.41) is 4.50. The molecule has 0 fully saturated rings. The first-order valence-electron chi connectivity index (χ1n) is 7.47. The summed E-state index contributed by atoms with van der Waals surface area (Å²) in [6, 6.07) is 6.10. The smallest absolute Gasteiger partial charge is 0.209 e. The van der Waals surface area contributed by atoms with Crippen LogP contribution in [-0.2, 0) is 16.4 Å². The molecule has 1 N–H and O–H groups in total. The van der Waals surface area contributed by atoms with Gasteiger partial charge in [0.2, 0.25) is 10.0 Å². The highest BCUT2D eigenvalue weighted by atomic mass is 32.2. The molecule has 0 bridgehead atoms. The minimum Gasteiger partial charge on any atom is -0.237 e. The Balaban J connectivity index is 2.01. The lowest BCUT2D eigenvalue weighted by molar-refractivity contribution is 0.505. The number of benzene rings is 1. The molecule has 0 amide bonds. The third-order valence-electron chi connectivity index (χ3n) is 4.27. The van der Waals surface area contributed by atoms with E-state index in [1.165, 1.54) is 17.4 Å². The van der Waals surface area contributed by atoms with E-state index in [4.69, 9.17) is 0 Å². The van der Waals surface area contributed by atoms with Gasteiger partial charge >= 0.3 is 0 Å². The van der Waals surface area contributed by atoms with Crippen molar-refractivity contribution in [2.45, 2.75) is 39.2 Å². The Morgan fingerprint density at radius 1 is 1.27 bits per heavy atom. The molecule has 118 valence electrons. The number of rotatable bonds is 3. The lowest BCUT2D eigenvalue weighted by atomic mass is 9.93. The van der Waals surface area contributed by atoms with Gasteiger partial charge in [0.15, 0.2) is 0 Å². The van der Waals surface area contributed by atoms with Gasteiger partial charge in [0.1, 0.15) is 0 Å². The molecule has 1 heterocycles. The first-order chi connectivity index (χ1) is 10.3. The summed E-state index contributed by atoms with van der Waals surface area (Å²) in [6.07, 6.45) is 5.70. The summed E-state index contributed by atoms with van der Waals surface area (Å²) in [6.45, 7) is 4.17. The number of sulfonamides is 1. The molecule has 22 heavy (non-hydrogen) atoms. The van der Waals surface area contributed by atoms with Crippen LogP contribution in [0.1, 0.15) is 41.3 Å². The van der Waals surface area contributed by atoms with Crippen LogP contribution in [0.4, 0.5) is 0 Å². The maximum absolute atomic E-state index is 11.5. The minimum absolute atomic E-state index is 0.168. The number of nitrogens with zero attached hydrogens (tertiary/aromatic N) is 2. The first-order valence-corrected chi connectivity index (χ1v) is 9.36. The van der Waals surface area contributed by atoms with E-state index in [2.05, 4.69) is 41.9 Å². The lowest BCUT2D eigenvalue weighted by Gasteiger charge is -2.23. The van der Waals surface area contributed by atoms with Crippen LogP contribution in [-0.4, -0.2) is 24.5 Å². The van der Waals surface area contributed by atoms with Crippen LogP contribution in [0, 0.1) is 13.8 Å². The normalized spacial score (nSPS) is 18.2. The van der Waals surface area contributed by atoms with Gasteiger partial charge in [0.25, 0.3) is 0 Å². The Hall–Kier alpha value is -1.66. The van der Waals surface area contributed by atoms with Gasteiger partial charge in [-0.2, -0.15) is 5.10 Å². The monoisotopic (exact) mass is 319 g/mol. The van der Waals surface area contributed by atoms with Crippen LogP contribution in [0.3, 0.4) is 0 Å². The van der Waals surface area contributed by atoms with Crippen molar-refractivity contribution < 1.29 is 8.42 Å². The molecule has 0 saturated heterocycles. The standard InChI is InChI=1S/C16H21N3O2S/c1-11-7-8-13(9-12(11)2)19-16-6-4-5-15(14(16)10-17-19)18-22(3,20)21/h7-10,15,18H,4-6H2,1-3H3. The third-order valence-corrected chi connectivity index (χ3v) is 4.99. The Morgan fingerprint density at radius 2 is 2.05 bits per heavy atom. The summed E-state index contributed by atoms with van der Waals surface area (Å²) in [4.78, 5) is 0. The molecule has 0 radical (unpaired) electrons. The molecule has 0 saturated carbocycles. The summed E-state index contributed by atoms with van der Waals surface area (Å²) in [7, 11) is -3.22. The van der Waals surface area contributed by atoms with Crippen LogP contribution in [0.15, 0.2) is 24.4 Å². The summed E-state index contributed by atoms with van der Waals surface area (Å²) in [5.41, 5.74) is 5.61. The maximum Gasteiger partial charge on any atom is 0.209 e. The van der Waals surface area contributed by atoms with Crippen molar-refractivity contribution in [1.82, 2.24) is 14.5 Å². The highest BCUT2D eigenvalue weighted by Crippen LogP contribution is 2.31. The van der Waals surface area contributed by atoms with Crippen LogP contribution in [0.5, 0.6) is 0 Å². The molecule has 0 aliphatic heterocycles. The van der Waals surface area contributed by atoms with Gasteiger partial charge in [-0.25, -0.2) is 17.8 Å². The molecule has 5 nitrogen and oxygen atoms in total. The minimum atomic E-state index is -3.22. The largest absolute Gasteiger partial charge is 0.237 e. The van der Waals surface area contributed by atoms with E-state index in [-0.39, 0.29) is 6.04 Å². The molecule has 1 unspecified atom stereocenters. The number of nitrogens with one attached hydrogen (secondary N) is 1. The van der Waals surface area contributed by atoms with Gasteiger partial charge < -0.3 is 0 Å². The highest BCUT2D eigenvalue weighted by molar-refractivity contribution is 7.88. The fourth-order valence-electron chi connectivity index (χ4n) is 3.02.